The maximum atomic E-state index is 13.7. The first-order valence-electron chi connectivity index (χ1n) is 6.31. The number of carbonyl (C=O) groups excluding carboxylic acids is 1. The van der Waals surface area contributed by atoms with Crippen LogP contribution in [0, 0.1) is 5.82 Å². The fraction of sp³-hybridized carbons (Fsp3) is 0.133. The van der Waals surface area contributed by atoms with Crippen molar-refractivity contribution in [3.05, 3.63) is 53.8 Å². The van der Waals surface area contributed by atoms with Crippen LogP contribution in [0.4, 0.5) is 21.5 Å². The minimum absolute atomic E-state index is 0.230. The summed E-state index contributed by atoms with van der Waals surface area (Å²) in [5, 5.41) is 5.61. The van der Waals surface area contributed by atoms with Crippen molar-refractivity contribution in [3.8, 4) is 0 Å². The van der Waals surface area contributed by atoms with E-state index in [-0.39, 0.29) is 5.91 Å². The highest BCUT2D eigenvalue weighted by Crippen LogP contribution is 2.25. The van der Waals surface area contributed by atoms with Gasteiger partial charge in [0.1, 0.15) is 5.82 Å². The third kappa shape index (κ3) is 3.06. The van der Waals surface area contributed by atoms with Crippen LogP contribution in [0.3, 0.4) is 0 Å². The van der Waals surface area contributed by atoms with E-state index in [0.717, 1.165) is 0 Å². The van der Waals surface area contributed by atoms with Gasteiger partial charge in [-0.05, 0) is 37.3 Å². The van der Waals surface area contributed by atoms with Crippen LogP contribution in [-0.4, -0.2) is 12.5 Å². The molecule has 0 atom stereocenters. The Morgan fingerprint density at radius 1 is 1.20 bits per heavy atom. The molecule has 0 unspecified atom stereocenters. The van der Waals surface area contributed by atoms with Gasteiger partial charge in [-0.2, -0.15) is 0 Å². The molecule has 0 aliphatic carbocycles. The molecule has 0 saturated heterocycles. The van der Waals surface area contributed by atoms with Crippen LogP contribution in [0.15, 0.2) is 42.5 Å². The molecule has 0 fully saturated rings. The van der Waals surface area contributed by atoms with Crippen LogP contribution in [0.2, 0.25) is 0 Å². The van der Waals surface area contributed by atoms with Gasteiger partial charge < -0.3 is 16.4 Å². The summed E-state index contributed by atoms with van der Waals surface area (Å²) in [6.07, 6.45) is 0. The van der Waals surface area contributed by atoms with Crippen molar-refractivity contribution >= 4 is 23.0 Å². The number of hydrogen-bond donors (Lipinski definition) is 3. The Morgan fingerprint density at radius 2 is 1.95 bits per heavy atom. The first-order chi connectivity index (χ1) is 9.61. The summed E-state index contributed by atoms with van der Waals surface area (Å²) in [6, 6.07) is 11.1. The SMILES string of the molecule is CCNC(=O)c1ccc(N)cc1Nc1ccccc1F. The molecule has 0 aromatic heterocycles. The van der Waals surface area contributed by atoms with Gasteiger partial charge in [-0.1, -0.05) is 12.1 Å². The summed E-state index contributed by atoms with van der Waals surface area (Å²) in [5.41, 5.74) is 7.41. The molecular formula is C15H16FN3O. The topological polar surface area (TPSA) is 67.2 Å². The number of halogens is 1. The van der Waals surface area contributed by atoms with Gasteiger partial charge in [0.25, 0.3) is 5.91 Å². The number of anilines is 3. The predicted molar refractivity (Wildman–Crippen MR) is 78.5 cm³/mol. The van der Waals surface area contributed by atoms with Crippen LogP contribution in [0.25, 0.3) is 0 Å². The molecule has 4 nitrogen and oxygen atoms in total. The average Bonchev–Trinajstić information content (AvgIpc) is 2.42. The molecule has 0 bridgehead atoms. The van der Waals surface area contributed by atoms with E-state index < -0.39 is 5.82 Å². The number of nitrogen functional groups attached to an aromatic ring is 1. The predicted octanol–water partition coefficient (Wildman–Crippen LogP) is 2.90. The smallest absolute Gasteiger partial charge is 0.253 e. The zero-order valence-electron chi connectivity index (χ0n) is 11.1. The molecule has 0 aliphatic heterocycles. The molecule has 2 aromatic rings. The third-order valence-corrected chi connectivity index (χ3v) is 2.77. The van der Waals surface area contributed by atoms with Crippen molar-refractivity contribution < 1.29 is 9.18 Å². The van der Waals surface area contributed by atoms with Crippen molar-refractivity contribution in [2.75, 3.05) is 17.6 Å². The van der Waals surface area contributed by atoms with Crippen LogP contribution >= 0.6 is 0 Å². The fourth-order valence-corrected chi connectivity index (χ4v) is 1.83. The van der Waals surface area contributed by atoms with E-state index in [2.05, 4.69) is 10.6 Å². The first-order valence-corrected chi connectivity index (χ1v) is 6.31. The molecule has 0 aliphatic rings. The van der Waals surface area contributed by atoms with Crippen LogP contribution in [-0.2, 0) is 0 Å². The number of nitrogens with two attached hydrogens (primary N) is 1. The summed E-state index contributed by atoms with van der Waals surface area (Å²) in [4.78, 5) is 12.0. The highest BCUT2D eigenvalue weighted by Gasteiger charge is 2.12. The van der Waals surface area contributed by atoms with Crippen molar-refractivity contribution in [2.45, 2.75) is 6.92 Å². The minimum Gasteiger partial charge on any atom is -0.399 e. The summed E-state index contributed by atoms with van der Waals surface area (Å²) in [5.74, 6) is -0.622. The number of benzene rings is 2. The zero-order chi connectivity index (χ0) is 14.5. The van der Waals surface area contributed by atoms with Gasteiger partial charge in [0.15, 0.2) is 0 Å². The van der Waals surface area contributed by atoms with Crippen molar-refractivity contribution in [1.82, 2.24) is 5.32 Å². The van der Waals surface area contributed by atoms with Crippen molar-refractivity contribution in [2.24, 2.45) is 0 Å². The van der Waals surface area contributed by atoms with E-state index in [4.69, 9.17) is 5.73 Å². The standard InChI is InChI=1S/C15H16FN3O/c1-2-18-15(20)11-8-7-10(17)9-14(11)19-13-6-4-3-5-12(13)16/h3-9,19H,2,17H2,1H3,(H,18,20). The van der Waals surface area contributed by atoms with Gasteiger partial charge in [-0.15, -0.1) is 0 Å². The van der Waals surface area contributed by atoms with E-state index >= 15 is 0 Å². The molecular weight excluding hydrogens is 257 g/mol. The molecule has 0 spiro atoms. The van der Waals surface area contributed by atoms with Gasteiger partial charge >= 0.3 is 0 Å². The molecule has 20 heavy (non-hydrogen) atoms. The average molecular weight is 273 g/mol. The molecule has 0 radical (unpaired) electrons. The third-order valence-electron chi connectivity index (χ3n) is 2.77. The summed E-state index contributed by atoms with van der Waals surface area (Å²) in [6.45, 7) is 2.35. The molecule has 2 rings (SSSR count). The second-order valence-corrected chi connectivity index (χ2v) is 4.27. The lowest BCUT2D eigenvalue weighted by molar-refractivity contribution is 0.0956. The highest BCUT2D eigenvalue weighted by atomic mass is 19.1. The molecule has 104 valence electrons. The Kier molecular flexibility index (Phi) is 4.20. The highest BCUT2D eigenvalue weighted by molar-refractivity contribution is 6.00. The molecule has 0 heterocycles. The normalized spacial score (nSPS) is 10.1. The number of para-hydroxylation sites is 1. The first kappa shape index (κ1) is 13.9. The Morgan fingerprint density at radius 3 is 2.65 bits per heavy atom. The number of nitrogens with one attached hydrogen (secondary N) is 2. The summed E-state index contributed by atoms with van der Waals surface area (Å²) >= 11 is 0. The number of amides is 1. The van der Waals surface area contributed by atoms with E-state index in [0.29, 0.717) is 29.2 Å². The second-order valence-electron chi connectivity index (χ2n) is 4.27. The second kappa shape index (κ2) is 6.06. The molecule has 0 saturated carbocycles. The monoisotopic (exact) mass is 273 g/mol. The fourth-order valence-electron chi connectivity index (χ4n) is 1.83. The molecule has 1 amide bonds. The Hall–Kier alpha value is -2.56. The van der Waals surface area contributed by atoms with Gasteiger partial charge in [0, 0.05) is 12.2 Å². The number of rotatable bonds is 4. The maximum Gasteiger partial charge on any atom is 0.253 e. The lowest BCUT2D eigenvalue weighted by atomic mass is 10.1. The number of carbonyl (C=O) groups is 1. The minimum atomic E-state index is -0.392. The van der Waals surface area contributed by atoms with Crippen molar-refractivity contribution in [1.29, 1.82) is 0 Å². The molecule has 5 heteroatoms. The van der Waals surface area contributed by atoms with E-state index in [1.54, 1.807) is 36.4 Å². The van der Waals surface area contributed by atoms with E-state index in [1.165, 1.54) is 6.07 Å². The number of hydrogen-bond acceptors (Lipinski definition) is 3. The van der Waals surface area contributed by atoms with Gasteiger partial charge in [-0.25, -0.2) is 4.39 Å². The zero-order valence-corrected chi connectivity index (χ0v) is 11.1. The Balaban J connectivity index is 2.37. The lowest BCUT2D eigenvalue weighted by Gasteiger charge is -2.13. The van der Waals surface area contributed by atoms with Crippen LogP contribution in [0.1, 0.15) is 17.3 Å². The summed E-state index contributed by atoms with van der Waals surface area (Å²) < 4.78 is 13.7. The van der Waals surface area contributed by atoms with Gasteiger partial charge in [-0.3, -0.25) is 4.79 Å². The summed E-state index contributed by atoms with van der Waals surface area (Å²) in [7, 11) is 0. The van der Waals surface area contributed by atoms with Crippen LogP contribution < -0.4 is 16.4 Å². The quantitative estimate of drug-likeness (QED) is 0.750. The van der Waals surface area contributed by atoms with Crippen molar-refractivity contribution in [3.63, 3.8) is 0 Å². The Bertz CT molecular complexity index is 628. The van der Waals surface area contributed by atoms with E-state index in [9.17, 15) is 9.18 Å². The molecule has 4 N–H and O–H groups in total. The van der Waals surface area contributed by atoms with E-state index in [1.807, 2.05) is 6.92 Å². The van der Waals surface area contributed by atoms with Gasteiger partial charge in [0.2, 0.25) is 0 Å². The molecule has 2 aromatic carbocycles. The maximum absolute atomic E-state index is 13.7. The van der Waals surface area contributed by atoms with Gasteiger partial charge in [0.05, 0.1) is 16.9 Å². The lowest BCUT2D eigenvalue weighted by Crippen LogP contribution is -2.23. The largest absolute Gasteiger partial charge is 0.399 e. The van der Waals surface area contributed by atoms with Crippen LogP contribution in [0.5, 0.6) is 0 Å². The Labute approximate surface area is 116 Å².